The van der Waals surface area contributed by atoms with E-state index >= 15 is 0 Å². The molecule has 1 saturated heterocycles. The van der Waals surface area contributed by atoms with Gasteiger partial charge in [0.2, 0.25) is 0 Å². The van der Waals surface area contributed by atoms with Crippen LogP contribution in [-0.4, -0.2) is 46.3 Å². The van der Waals surface area contributed by atoms with E-state index in [0.717, 1.165) is 30.5 Å². The quantitative estimate of drug-likeness (QED) is 0.633. The topological polar surface area (TPSA) is 82.0 Å². The molecule has 0 spiro atoms. The highest BCUT2D eigenvalue weighted by molar-refractivity contribution is 6.31. The van der Waals surface area contributed by atoms with Crippen LogP contribution in [0.25, 0.3) is 0 Å². The second-order valence-electron chi connectivity index (χ2n) is 7.78. The maximum atomic E-state index is 10.4. The van der Waals surface area contributed by atoms with Crippen molar-refractivity contribution in [3.8, 4) is 0 Å². The molecule has 2 heterocycles. The molecule has 0 aromatic heterocycles. The van der Waals surface area contributed by atoms with Crippen molar-refractivity contribution in [2.75, 3.05) is 11.9 Å². The molecule has 0 saturated carbocycles. The second kappa shape index (κ2) is 8.01. The highest BCUT2D eigenvalue weighted by Crippen LogP contribution is 2.34. The molecule has 2 aliphatic rings. The zero-order chi connectivity index (χ0) is 19.8. The van der Waals surface area contributed by atoms with Gasteiger partial charge in [0.1, 0.15) is 24.4 Å². The smallest absolute Gasteiger partial charge is 0.113 e. The van der Waals surface area contributed by atoms with Crippen molar-refractivity contribution in [3.05, 3.63) is 63.7 Å². The number of aliphatic hydroxyl groups excluding tert-OH is 3. The number of rotatable bonds is 3. The van der Waals surface area contributed by atoms with Gasteiger partial charge in [-0.25, -0.2) is 0 Å². The van der Waals surface area contributed by atoms with Crippen molar-refractivity contribution >= 4 is 17.3 Å². The summed E-state index contributed by atoms with van der Waals surface area (Å²) in [6.45, 7) is 2.70. The molecule has 4 N–H and O–H groups in total. The van der Waals surface area contributed by atoms with Gasteiger partial charge in [0, 0.05) is 17.3 Å². The third-order valence-electron chi connectivity index (χ3n) is 5.75. The minimum absolute atomic E-state index is 0.573. The minimum Gasteiger partial charge on any atom is -0.388 e. The summed E-state index contributed by atoms with van der Waals surface area (Å²) in [5.74, 6) is 0. The Hall–Kier alpha value is -1.63. The van der Waals surface area contributed by atoms with Crippen molar-refractivity contribution in [2.45, 2.75) is 56.7 Å². The first kappa shape index (κ1) is 19.7. The van der Waals surface area contributed by atoms with E-state index in [9.17, 15) is 15.3 Å². The number of fused-ring (bicyclic) bond motifs is 1. The molecule has 2 aromatic rings. The first-order chi connectivity index (χ1) is 13.4. The van der Waals surface area contributed by atoms with Crippen molar-refractivity contribution in [1.82, 2.24) is 0 Å². The molecule has 5 nitrogen and oxygen atoms in total. The first-order valence-corrected chi connectivity index (χ1v) is 10.2. The lowest BCUT2D eigenvalue weighted by Gasteiger charge is -2.39. The summed E-state index contributed by atoms with van der Waals surface area (Å²) in [5.41, 5.74) is 5.38. The van der Waals surface area contributed by atoms with E-state index in [-0.39, 0.29) is 0 Å². The molecule has 2 aromatic carbocycles. The van der Waals surface area contributed by atoms with Crippen molar-refractivity contribution < 1.29 is 20.1 Å². The highest BCUT2D eigenvalue weighted by Gasteiger charge is 2.42. The normalized spacial score (nSPS) is 29.8. The number of halogens is 1. The number of ether oxygens (including phenoxy) is 1. The number of anilines is 1. The number of aliphatic hydroxyl groups is 3. The van der Waals surface area contributed by atoms with Gasteiger partial charge in [0.25, 0.3) is 0 Å². The Balaban J connectivity index is 1.59. The number of hydrogen-bond acceptors (Lipinski definition) is 5. The van der Waals surface area contributed by atoms with E-state index < -0.39 is 30.5 Å². The summed E-state index contributed by atoms with van der Waals surface area (Å²) in [4.78, 5) is 0. The van der Waals surface area contributed by atoms with Gasteiger partial charge >= 0.3 is 0 Å². The van der Waals surface area contributed by atoms with Gasteiger partial charge in [-0.15, -0.1) is 0 Å². The molecule has 0 bridgehead atoms. The summed E-state index contributed by atoms with van der Waals surface area (Å²) < 4.78 is 5.78. The van der Waals surface area contributed by atoms with Crippen LogP contribution in [0.1, 0.15) is 41.7 Å². The number of benzene rings is 2. The van der Waals surface area contributed by atoms with E-state index in [1.807, 2.05) is 6.07 Å². The molecular formula is C22H26ClNO4. The Morgan fingerprint density at radius 3 is 2.71 bits per heavy atom. The van der Waals surface area contributed by atoms with Crippen LogP contribution in [0.15, 0.2) is 36.4 Å². The Labute approximate surface area is 169 Å². The SMILES string of the molecule is C[C@H]1O[C@@H](c2ccc(Cl)c(Cc3ccc4c(c3)CCCN4)c2)[C@H](O)[C@H](O)[C@@H]1O. The minimum atomic E-state index is -1.25. The third kappa shape index (κ3) is 3.78. The summed E-state index contributed by atoms with van der Waals surface area (Å²) in [7, 11) is 0. The molecule has 4 rings (SSSR count). The molecular weight excluding hydrogens is 378 g/mol. The average molecular weight is 404 g/mol. The van der Waals surface area contributed by atoms with E-state index in [1.165, 1.54) is 16.8 Å². The standard InChI is InChI=1S/C22H26ClNO4/c1-12-19(25)20(26)21(27)22(28-12)15-5-6-17(23)16(11-15)10-13-4-7-18-14(9-13)3-2-8-24-18/h4-7,9,11-12,19-22,24-27H,2-3,8,10H2,1H3/t12-,19-,20-,21-,22+/m1/s1. The van der Waals surface area contributed by atoms with E-state index in [2.05, 4.69) is 23.5 Å². The van der Waals surface area contributed by atoms with Gasteiger partial charge < -0.3 is 25.4 Å². The fourth-order valence-electron chi connectivity index (χ4n) is 4.09. The van der Waals surface area contributed by atoms with Crippen LogP contribution in [0.3, 0.4) is 0 Å². The molecule has 6 heteroatoms. The van der Waals surface area contributed by atoms with Gasteiger partial charge in [-0.3, -0.25) is 0 Å². The van der Waals surface area contributed by atoms with E-state index in [4.69, 9.17) is 16.3 Å². The van der Waals surface area contributed by atoms with Crippen LogP contribution in [0.2, 0.25) is 5.02 Å². The van der Waals surface area contributed by atoms with Crippen LogP contribution in [0, 0.1) is 0 Å². The number of aryl methyl sites for hydroxylation is 1. The molecule has 0 radical (unpaired) electrons. The van der Waals surface area contributed by atoms with E-state index in [1.54, 1.807) is 19.1 Å². The summed E-state index contributed by atoms with van der Waals surface area (Å²) in [5, 5.41) is 34.5. The summed E-state index contributed by atoms with van der Waals surface area (Å²) in [6, 6.07) is 12.0. The largest absolute Gasteiger partial charge is 0.388 e. The Bertz CT molecular complexity index is 858. The van der Waals surface area contributed by atoms with Gasteiger partial charge in [-0.2, -0.15) is 0 Å². The molecule has 150 valence electrons. The Morgan fingerprint density at radius 2 is 1.89 bits per heavy atom. The van der Waals surface area contributed by atoms with Crippen LogP contribution in [-0.2, 0) is 17.6 Å². The summed E-state index contributed by atoms with van der Waals surface area (Å²) >= 11 is 6.44. The molecule has 0 aliphatic carbocycles. The van der Waals surface area contributed by atoms with Crippen molar-refractivity contribution in [2.24, 2.45) is 0 Å². The Kier molecular flexibility index (Phi) is 5.63. The third-order valence-corrected chi connectivity index (χ3v) is 6.12. The average Bonchev–Trinajstić information content (AvgIpc) is 2.71. The van der Waals surface area contributed by atoms with E-state index in [0.29, 0.717) is 11.4 Å². The van der Waals surface area contributed by atoms with Crippen molar-refractivity contribution in [1.29, 1.82) is 0 Å². The highest BCUT2D eigenvalue weighted by atomic mass is 35.5. The molecule has 28 heavy (non-hydrogen) atoms. The molecule has 0 amide bonds. The molecule has 5 atom stereocenters. The molecule has 1 fully saturated rings. The lowest BCUT2D eigenvalue weighted by molar-refractivity contribution is -0.219. The van der Waals surface area contributed by atoms with Gasteiger partial charge in [-0.1, -0.05) is 35.9 Å². The lowest BCUT2D eigenvalue weighted by Crippen LogP contribution is -2.53. The van der Waals surface area contributed by atoms with Crippen LogP contribution in [0.5, 0.6) is 0 Å². The number of nitrogens with one attached hydrogen (secondary N) is 1. The maximum absolute atomic E-state index is 10.4. The lowest BCUT2D eigenvalue weighted by atomic mass is 9.90. The molecule has 2 aliphatic heterocycles. The summed E-state index contributed by atoms with van der Waals surface area (Å²) in [6.07, 6.45) is -1.96. The predicted octanol–water partition coefficient (Wildman–Crippen LogP) is 2.83. The number of hydrogen-bond donors (Lipinski definition) is 4. The Morgan fingerprint density at radius 1 is 1.07 bits per heavy atom. The van der Waals surface area contributed by atoms with Gasteiger partial charge in [0.15, 0.2) is 0 Å². The molecule has 0 unspecified atom stereocenters. The van der Waals surface area contributed by atoms with Crippen LogP contribution in [0.4, 0.5) is 5.69 Å². The predicted molar refractivity (Wildman–Crippen MR) is 109 cm³/mol. The van der Waals surface area contributed by atoms with Gasteiger partial charge in [-0.05, 0) is 60.6 Å². The van der Waals surface area contributed by atoms with Crippen LogP contribution < -0.4 is 5.32 Å². The zero-order valence-corrected chi connectivity index (χ0v) is 16.6. The fourth-order valence-corrected chi connectivity index (χ4v) is 4.28. The van der Waals surface area contributed by atoms with Crippen LogP contribution >= 0.6 is 11.6 Å². The first-order valence-electron chi connectivity index (χ1n) is 9.77. The van der Waals surface area contributed by atoms with Crippen molar-refractivity contribution in [3.63, 3.8) is 0 Å². The van der Waals surface area contributed by atoms with Gasteiger partial charge in [0.05, 0.1) is 6.10 Å². The monoisotopic (exact) mass is 403 g/mol. The second-order valence-corrected chi connectivity index (χ2v) is 8.19. The maximum Gasteiger partial charge on any atom is 0.113 e. The zero-order valence-electron chi connectivity index (χ0n) is 15.8. The fraction of sp³-hybridized carbons (Fsp3) is 0.455.